The molecule has 3 amide bonds. The molecule has 0 saturated carbocycles. The van der Waals surface area contributed by atoms with Crippen LogP contribution in [0.4, 0.5) is 5.95 Å². The highest BCUT2D eigenvalue weighted by atomic mass is 35.5. The highest BCUT2D eigenvalue weighted by molar-refractivity contribution is 7.15. The first kappa shape index (κ1) is 19.4. The maximum Gasteiger partial charge on any atom is 0.261 e. The number of fused-ring (bicyclic) bond motifs is 2. The molecule has 0 fully saturated rings. The Labute approximate surface area is 185 Å². The molecule has 154 valence electrons. The zero-order valence-electron chi connectivity index (χ0n) is 15.9. The third kappa shape index (κ3) is 3.47. The summed E-state index contributed by atoms with van der Waals surface area (Å²) in [7, 11) is 0. The number of nitrogens with one attached hydrogen (secondary N) is 1. The van der Waals surface area contributed by atoms with E-state index in [1.165, 1.54) is 11.3 Å². The van der Waals surface area contributed by atoms with Gasteiger partial charge < -0.3 is 0 Å². The van der Waals surface area contributed by atoms with Gasteiger partial charge >= 0.3 is 0 Å². The number of thiazole rings is 1. The second-order valence-electron chi connectivity index (χ2n) is 6.86. The molecule has 0 aliphatic carbocycles. The van der Waals surface area contributed by atoms with Crippen molar-refractivity contribution < 1.29 is 14.4 Å². The van der Waals surface area contributed by atoms with Crippen molar-refractivity contribution in [2.75, 3.05) is 11.9 Å². The lowest BCUT2D eigenvalue weighted by Crippen LogP contribution is -2.33. The third-order valence-corrected chi connectivity index (χ3v) is 5.98. The smallest absolute Gasteiger partial charge is 0.261 e. The molecule has 1 aliphatic heterocycles. The second-order valence-corrected chi connectivity index (χ2v) is 8.14. The fourth-order valence-electron chi connectivity index (χ4n) is 3.40. The largest absolute Gasteiger partial charge is 0.293 e. The fourth-order valence-corrected chi connectivity index (χ4v) is 4.35. The molecule has 0 unspecified atom stereocenters. The number of rotatable bonds is 5. The van der Waals surface area contributed by atoms with Gasteiger partial charge in [-0.1, -0.05) is 35.9 Å². The number of carbonyl (C=O) groups is 3. The van der Waals surface area contributed by atoms with E-state index in [0.717, 1.165) is 16.2 Å². The Bertz CT molecular complexity index is 1310. The van der Waals surface area contributed by atoms with E-state index >= 15 is 0 Å². The maximum atomic E-state index is 12.4. The summed E-state index contributed by atoms with van der Waals surface area (Å²) in [6, 6.07) is 14.0. The minimum atomic E-state index is -0.387. The number of hydrogen-bond donors (Lipinski definition) is 1. The van der Waals surface area contributed by atoms with Crippen LogP contribution >= 0.6 is 22.9 Å². The Hall–Kier alpha value is -3.56. The Morgan fingerprint density at radius 3 is 2.39 bits per heavy atom. The van der Waals surface area contributed by atoms with Crippen LogP contribution in [0.5, 0.6) is 0 Å². The van der Waals surface area contributed by atoms with Gasteiger partial charge in [0, 0.05) is 28.9 Å². The molecule has 0 atom stereocenters. The number of anilines is 1. The molecule has 3 heterocycles. The molecular weight excluding hydrogens is 438 g/mol. The van der Waals surface area contributed by atoms with Crippen LogP contribution < -0.4 is 5.32 Å². The average molecular weight is 452 g/mol. The lowest BCUT2D eigenvalue weighted by molar-refractivity contribution is -0.116. The van der Waals surface area contributed by atoms with Crippen molar-refractivity contribution in [1.29, 1.82) is 0 Å². The van der Waals surface area contributed by atoms with Crippen LogP contribution in [0.1, 0.15) is 27.1 Å². The predicted octanol–water partition coefficient (Wildman–Crippen LogP) is 3.74. The first-order chi connectivity index (χ1) is 15.0. The Balaban J connectivity index is 1.27. The highest BCUT2D eigenvalue weighted by Crippen LogP contribution is 2.27. The van der Waals surface area contributed by atoms with Crippen molar-refractivity contribution >= 4 is 51.6 Å². The lowest BCUT2D eigenvalue weighted by atomic mass is 10.1. The summed E-state index contributed by atoms with van der Waals surface area (Å²) in [5.74, 6) is -0.999. The summed E-state index contributed by atoms with van der Waals surface area (Å²) in [6.07, 6.45) is -0.0532. The summed E-state index contributed by atoms with van der Waals surface area (Å²) in [4.78, 5) is 43.2. The summed E-state index contributed by atoms with van der Waals surface area (Å²) in [5, 5.41) is 9.55. The van der Waals surface area contributed by atoms with Gasteiger partial charge in [-0.15, -0.1) is 16.4 Å². The van der Waals surface area contributed by atoms with E-state index in [4.69, 9.17) is 11.6 Å². The molecule has 2 aromatic carbocycles. The van der Waals surface area contributed by atoms with E-state index in [-0.39, 0.29) is 36.6 Å². The first-order valence-electron chi connectivity index (χ1n) is 9.36. The molecule has 1 aliphatic rings. The second kappa shape index (κ2) is 7.60. The zero-order chi connectivity index (χ0) is 21.5. The van der Waals surface area contributed by atoms with Crippen molar-refractivity contribution in [1.82, 2.24) is 19.5 Å². The molecular formula is C21H14ClN5O3S. The molecule has 0 spiro atoms. The van der Waals surface area contributed by atoms with Crippen LogP contribution in [0.15, 0.2) is 53.9 Å². The van der Waals surface area contributed by atoms with E-state index in [2.05, 4.69) is 15.4 Å². The Morgan fingerprint density at radius 1 is 1.03 bits per heavy atom. The fraction of sp³-hybridized carbons (Fsp3) is 0.0952. The molecule has 8 nitrogen and oxygen atoms in total. The summed E-state index contributed by atoms with van der Waals surface area (Å²) >= 11 is 7.34. The van der Waals surface area contributed by atoms with Crippen LogP contribution in [-0.2, 0) is 4.79 Å². The van der Waals surface area contributed by atoms with E-state index in [1.54, 1.807) is 40.9 Å². The number of imide groups is 1. The molecule has 31 heavy (non-hydrogen) atoms. The Morgan fingerprint density at radius 2 is 1.71 bits per heavy atom. The van der Waals surface area contributed by atoms with Gasteiger partial charge in [-0.25, -0.2) is 4.52 Å². The van der Waals surface area contributed by atoms with Gasteiger partial charge in [0.25, 0.3) is 11.8 Å². The van der Waals surface area contributed by atoms with Crippen LogP contribution in [0.2, 0.25) is 5.02 Å². The predicted molar refractivity (Wildman–Crippen MR) is 116 cm³/mol. The standard InChI is InChI=1S/C21H14ClN5O3S/c22-13-7-5-12(6-8-13)16-11-31-21-24-20(25-27(16)21)23-17(28)9-10-26-18(29)14-3-1-2-4-15(14)19(26)30/h1-8,11H,9-10H2,(H,23,25,28). The van der Waals surface area contributed by atoms with Gasteiger partial charge in [0.2, 0.25) is 16.8 Å². The van der Waals surface area contributed by atoms with Gasteiger partial charge in [0.05, 0.1) is 16.8 Å². The van der Waals surface area contributed by atoms with Gasteiger partial charge in [0.1, 0.15) is 0 Å². The minimum absolute atomic E-state index is 0.0174. The Kier molecular flexibility index (Phi) is 4.76. The molecule has 0 bridgehead atoms. The third-order valence-electron chi connectivity index (χ3n) is 4.91. The molecule has 0 saturated heterocycles. The van der Waals surface area contributed by atoms with Crippen LogP contribution in [0, 0.1) is 0 Å². The highest BCUT2D eigenvalue weighted by Gasteiger charge is 2.35. The maximum absolute atomic E-state index is 12.4. The summed E-state index contributed by atoms with van der Waals surface area (Å²) < 4.78 is 1.65. The molecule has 4 aromatic rings. The number of hydrogen-bond acceptors (Lipinski definition) is 6. The number of carbonyl (C=O) groups excluding carboxylic acids is 3. The van der Waals surface area contributed by atoms with Crippen LogP contribution in [-0.4, -0.2) is 43.8 Å². The lowest BCUT2D eigenvalue weighted by Gasteiger charge is -2.12. The van der Waals surface area contributed by atoms with Gasteiger partial charge in [-0.2, -0.15) is 4.98 Å². The van der Waals surface area contributed by atoms with Crippen molar-refractivity contribution in [3.05, 3.63) is 70.1 Å². The van der Waals surface area contributed by atoms with Crippen molar-refractivity contribution in [3.8, 4) is 11.3 Å². The monoisotopic (exact) mass is 451 g/mol. The van der Waals surface area contributed by atoms with E-state index < -0.39 is 0 Å². The molecule has 0 radical (unpaired) electrons. The number of nitrogens with zero attached hydrogens (tertiary/aromatic N) is 4. The topological polar surface area (TPSA) is 96.7 Å². The first-order valence-corrected chi connectivity index (χ1v) is 10.6. The van der Waals surface area contributed by atoms with Crippen molar-refractivity contribution in [2.45, 2.75) is 6.42 Å². The normalized spacial score (nSPS) is 13.1. The number of halogens is 1. The zero-order valence-corrected chi connectivity index (χ0v) is 17.5. The molecule has 5 rings (SSSR count). The van der Waals surface area contributed by atoms with Crippen molar-refractivity contribution in [2.24, 2.45) is 0 Å². The summed E-state index contributed by atoms with van der Waals surface area (Å²) in [6.45, 7) is -0.0174. The van der Waals surface area contributed by atoms with Crippen LogP contribution in [0.25, 0.3) is 16.2 Å². The number of benzene rings is 2. The molecule has 10 heteroatoms. The van der Waals surface area contributed by atoms with E-state index in [9.17, 15) is 14.4 Å². The summed E-state index contributed by atoms with van der Waals surface area (Å²) in [5.41, 5.74) is 2.47. The quantitative estimate of drug-likeness (QED) is 0.466. The van der Waals surface area contributed by atoms with E-state index in [1.807, 2.05) is 17.5 Å². The van der Waals surface area contributed by atoms with Gasteiger partial charge in [-0.05, 0) is 24.3 Å². The number of aromatic nitrogens is 3. The van der Waals surface area contributed by atoms with Crippen molar-refractivity contribution in [3.63, 3.8) is 0 Å². The minimum Gasteiger partial charge on any atom is -0.293 e. The van der Waals surface area contributed by atoms with Gasteiger partial charge in [0.15, 0.2) is 0 Å². The number of amides is 3. The molecule has 2 aromatic heterocycles. The SMILES string of the molecule is O=C(CCN1C(=O)c2ccccc2C1=O)Nc1nc2scc(-c3ccc(Cl)cc3)n2n1. The van der Waals surface area contributed by atoms with Gasteiger partial charge in [-0.3, -0.25) is 24.6 Å². The average Bonchev–Trinajstić information content (AvgIpc) is 3.40. The van der Waals surface area contributed by atoms with E-state index in [0.29, 0.717) is 21.1 Å². The molecule has 1 N–H and O–H groups in total. The van der Waals surface area contributed by atoms with Crippen LogP contribution in [0.3, 0.4) is 0 Å².